The Hall–Kier alpha value is -1.14. The highest BCUT2D eigenvalue weighted by Gasteiger charge is 2.30. The molecule has 0 bridgehead atoms. The number of hydrogen-bond donors (Lipinski definition) is 2. The first-order valence-electron chi connectivity index (χ1n) is 4.57. The highest BCUT2D eigenvalue weighted by molar-refractivity contribution is 7.99. The van der Waals surface area contributed by atoms with Crippen molar-refractivity contribution >= 4 is 17.7 Å². The van der Waals surface area contributed by atoms with Crippen molar-refractivity contribution in [2.45, 2.75) is 18.3 Å². The minimum absolute atomic E-state index is 0.0344. The Labute approximate surface area is 91.3 Å². The minimum atomic E-state index is -0.809. The highest BCUT2D eigenvalue weighted by atomic mass is 32.2. The van der Waals surface area contributed by atoms with E-state index in [0.29, 0.717) is 11.6 Å². The maximum atomic E-state index is 10.7. The van der Waals surface area contributed by atoms with Crippen LogP contribution in [0.25, 0.3) is 0 Å². The van der Waals surface area contributed by atoms with E-state index in [0.717, 1.165) is 5.69 Å². The number of carboxylic acids is 1. The van der Waals surface area contributed by atoms with E-state index in [2.05, 4.69) is 15.3 Å². The Morgan fingerprint density at radius 1 is 1.73 bits per heavy atom. The molecule has 2 unspecified atom stereocenters. The third kappa shape index (κ3) is 2.27. The van der Waals surface area contributed by atoms with Gasteiger partial charge in [-0.05, 0) is 13.0 Å². The molecule has 6 heteroatoms. The van der Waals surface area contributed by atoms with Crippen LogP contribution in [0.1, 0.15) is 16.9 Å². The molecule has 2 atom stereocenters. The molecule has 1 aliphatic heterocycles. The van der Waals surface area contributed by atoms with Gasteiger partial charge in [-0.2, -0.15) is 0 Å². The molecule has 5 nitrogen and oxygen atoms in total. The van der Waals surface area contributed by atoms with Crippen molar-refractivity contribution in [2.75, 3.05) is 5.75 Å². The van der Waals surface area contributed by atoms with Crippen LogP contribution >= 0.6 is 11.8 Å². The second-order valence-corrected chi connectivity index (χ2v) is 4.44. The van der Waals surface area contributed by atoms with Crippen molar-refractivity contribution in [3.8, 4) is 0 Å². The van der Waals surface area contributed by atoms with Crippen LogP contribution < -0.4 is 5.32 Å². The number of nitrogens with one attached hydrogen (secondary N) is 1. The number of hydrogen-bond acceptors (Lipinski definition) is 5. The summed E-state index contributed by atoms with van der Waals surface area (Å²) in [5, 5.41) is 11.8. The highest BCUT2D eigenvalue weighted by Crippen LogP contribution is 2.31. The molecule has 0 amide bonds. The second-order valence-electron chi connectivity index (χ2n) is 3.30. The number of nitrogens with zero attached hydrogens (tertiary/aromatic N) is 2. The smallest absolute Gasteiger partial charge is 0.321 e. The average molecular weight is 225 g/mol. The molecule has 0 aromatic carbocycles. The molecule has 15 heavy (non-hydrogen) atoms. The molecule has 80 valence electrons. The van der Waals surface area contributed by atoms with Gasteiger partial charge in [-0.15, -0.1) is 11.8 Å². The molecule has 1 aromatic rings. The number of aryl methyl sites for hydroxylation is 1. The van der Waals surface area contributed by atoms with Gasteiger partial charge in [0, 0.05) is 11.9 Å². The maximum absolute atomic E-state index is 10.7. The van der Waals surface area contributed by atoms with Crippen LogP contribution in [0.2, 0.25) is 0 Å². The summed E-state index contributed by atoms with van der Waals surface area (Å²) in [5.74, 6) is 0.465. The van der Waals surface area contributed by atoms with Crippen molar-refractivity contribution in [1.29, 1.82) is 0 Å². The molecule has 0 saturated carbocycles. The van der Waals surface area contributed by atoms with E-state index >= 15 is 0 Å². The summed E-state index contributed by atoms with van der Waals surface area (Å²) >= 11 is 1.56. The third-order valence-electron chi connectivity index (χ3n) is 2.15. The number of carboxylic acid groups (broad SMARTS) is 1. The predicted molar refractivity (Wildman–Crippen MR) is 56.5 cm³/mol. The molecule has 1 fully saturated rings. The molecule has 0 aliphatic carbocycles. The molecule has 2 N–H and O–H groups in total. The van der Waals surface area contributed by atoms with E-state index < -0.39 is 12.0 Å². The number of aromatic nitrogens is 2. The summed E-state index contributed by atoms with van der Waals surface area (Å²) in [6, 6.07) is 1.33. The van der Waals surface area contributed by atoms with Crippen LogP contribution in [-0.4, -0.2) is 32.8 Å². The van der Waals surface area contributed by atoms with Crippen molar-refractivity contribution in [2.24, 2.45) is 0 Å². The van der Waals surface area contributed by atoms with Gasteiger partial charge in [0.15, 0.2) is 0 Å². The number of carbonyl (C=O) groups is 1. The van der Waals surface area contributed by atoms with E-state index in [4.69, 9.17) is 5.11 Å². The Morgan fingerprint density at radius 2 is 2.53 bits per heavy atom. The first-order chi connectivity index (χ1) is 7.16. The summed E-state index contributed by atoms with van der Waals surface area (Å²) in [4.78, 5) is 19.0. The van der Waals surface area contributed by atoms with Gasteiger partial charge < -0.3 is 5.11 Å². The molecule has 1 saturated heterocycles. The molecule has 2 heterocycles. The fourth-order valence-corrected chi connectivity index (χ4v) is 2.59. The van der Waals surface area contributed by atoms with Gasteiger partial charge in [-0.1, -0.05) is 0 Å². The molecule has 0 spiro atoms. The average Bonchev–Trinajstić information content (AvgIpc) is 2.66. The largest absolute Gasteiger partial charge is 0.480 e. The second kappa shape index (κ2) is 4.16. The van der Waals surface area contributed by atoms with E-state index in [9.17, 15) is 4.79 Å². The lowest BCUT2D eigenvalue weighted by atomic mass is 10.3. The monoisotopic (exact) mass is 225 g/mol. The summed E-state index contributed by atoms with van der Waals surface area (Å²) in [6.45, 7) is 1.82. The molecular weight excluding hydrogens is 214 g/mol. The van der Waals surface area contributed by atoms with Gasteiger partial charge in [0.05, 0.1) is 11.1 Å². The molecule has 0 radical (unpaired) electrons. The van der Waals surface area contributed by atoms with Crippen LogP contribution in [0.15, 0.2) is 12.3 Å². The quantitative estimate of drug-likeness (QED) is 0.766. The van der Waals surface area contributed by atoms with E-state index in [1.807, 2.05) is 13.0 Å². The normalized spacial score (nSPS) is 25.4. The molecule has 1 aliphatic rings. The standard InChI is InChI=1S/C9H11N3O2S/c1-5-10-3-2-6(11-5)8-12-7(4-15-8)9(13)14/h2-3,7-8,12H,4H2,1H3,(H,13,14). The van der Waals surface area contributed by atoms with Crippen molar-refractivity contribution in [3.05, 3.63) is 23.8 Å². The van der Waals surface area contributed by atoms with Crippen molar-refractivity contribution in [3.63, 3.8) is 0 Å². The van der Waals surface area contributed by atoms with Crippen LogP contribution in [-0.2, 0) is 4.79 Å². The molecular formula is C9H11N3O2S. The summed E-state index contributed by atoms with van der Waals surface area (Å²) < 4.78 is 0. The fourth-order valence-electron chi connectivity index (χ4n) is 1.41. The molecule has 1 aromatic heterocycles. The fraction of sp³-hybridized carbons (Fsp3) is 0.444. The predicted octanol–water partition coefficient (Wildman–Crippen LogP) is 0.573. The lowest BCUT2D eigenvalue weighted by molar-refractivity contribution is -0.138. The summed E-state index contributed by atoms with van der Waals surface area (Å²) in [6.07, 6.45) is 1.69. The first kappa shape index (κ1) is 10.4. The van der Waals surface area contributed by atoms with Crippen molar-refractivity contribution < 1.29 is 9.90 Å². The molecule has 2 rings (SSSR count). The van der Waals surface area contributed by atoms with Gasteiger partial charge >= 0.3 is 5.97 Å². The Bertz CT molecular complexity index is 385. The topological polar surface area (TPSA) is 75.1 Å². The van der Waals surface area contributed by atoms with Crippen LogP contribution in [0.4, 0.5) is 0 Å². The van der Waals surface area contributed by atoms with Gasteiger partial charge in [0.2, 0.25) is 0 Å². The zero-order chi connectivity index (χ0) is 10.8. The number of aliphatic carboxylic acids is 1. The Morgan fingerprint density at radius 3 is 3.13 bits per heavy atom. The van der Waals surface area contributed by atoms with E-state index in [1.165, 1.54) is 0 Å². The van der Waals surface area contributed by atoms with Crippen LogP contribution in [0.5, 0.6) is 0 Å². The third-order valence-corrected chi connectivity index (χ3v) is 3.38. The Balaban J connectivity index is 2.11. The minimum Gasteiger partial charge on any atom is -0.480 e. The lowest BCUT2D eigenvalue weighted by Crippen LogP contribution is -2.33. The lowest BCUT2D eigenvalue weighted by Gasteiger charge is -2.10. The Kier molecular flexibility index (Phi) is 2.88. The van der Waals surface area contributed by atoms with Gasteiger partial charge in [-0.3, -0.25) is 10.1 Å². The number of rotatable bonds is 2. The zero-order valence-corrected chi connectivity index (χ0v) is 8.99. The van der Waals surface area contributed by atoms with Gasteiger partial charge in [0.1, 0.15) is 11.9 Å². The van der Waals surface area contributed by atoms with Crippen LogP contribution in [0.3, 0.4) is 0 Å². The first-order valence-corrected chi connectivity index (χ1v) is 5.61. The number of thioether (sulfide) groups is 1. The van der Waals surface area contributed by atoms with Gasteiger partial charge in [-0.25, -0.2) is 9.97 Å². The maximum Gasteiger partial charge on any atom is 0.321 e. The zero-order valence-electron chi connectivity index (χ0n) is 8.17. The van der Waals surface area contributed by atoms with Crippen molar-refractivity contribution in [1.82, 2.24) is 15.3 Å². The van der Waals surface area contributed by atoms with E-state index in [-0.39, 0.29) is 5.37 Å². The summed E-state index contributed by atoms with van der Waals surface area (Å²) in [5.41, 5.74) is 0.844. The van der Waals surface area contributed by atoms with Gasteiger partial charge in [0.25, 0.3) is 0 Å². The van der Waals surface area contributed by atoms with E-state index in [1.54, 1.807) is 18.0 Å². The SMILES string of the molecule is Cc1nccc(C2NC(C(=O)O)CS2)n1. The van der Waals surface area contributed by atoms with Crippen LogP contribution in [0, 0.1) is 6.92 Å². The summed E-state index contributed by atoms with van der Waals surface area (Å²) in [7, 11) is 0.